The van der Waals surface area contributed by atoms with E-state index in [0.717, 1.165) is 6.08 Å². The Balaban J connectivity index is 2.79. The second kappa shape index (κ2) is 3.39. The summed E-state index contributed by atoms with van der Waals surface area (Å²) in [6.07, 6.45) is 3.98. The molecule has 3 nitrogen and oxygen atoms in total. The molecule has 1 rings (SSSR count). The van der Waals surface area contributed by atoms with Crippen LogP contribution < -0.4 is 0 Å². The van der Waals surface area contributed by atoms with Crippen molar-refractivity contribution in [2.45, 2.75) is 0 Å². The molecule has 1 N–H and O–H groups in total. The molecule has 0 aromatic carbocycles. The minimum absolute atomic E-state index is 0.537. The van der Waals surface area contributed by atoms with E-state index in [-0.39, 0.29) is 0 Å². The van der Waals surface area contributed by atoms with Crippen LogP contribution in [0.3, 0.4) is 0 Å². The molecule has 0 saturated carbocycles. The van der Waals surface area contributed by atoms with Crippen molar-refractivity contribution < 1.29 is 14.3 Å². The van der Waals surface area contributed by atoms with E-state index in [9.17, 15) is 4.79 Å². The van der Waals surface area contributed by atoms with Crippen LogP contribution in [0, 0.1) is 0 Å². The summed E-state index contributed by atoms with van der Waals surface area (Å²) in [4.78, 5) is 10.1. The number of halogens is 1. The first-order chi connectivity index (χ1) is 5.20. The predicted molar refractivity (Wildman–Crippen MR) is 43.1 cm³/mol. The largest absolute Gasteiger partial charge is 0.478 e. The maximum absolute atomic E-state index is 10.1. The first-order valence-electron chi connectivity index (χ1n) is 2.84. The maximum Gasteiger partial charge on any atom is 0.328 e. The average molecular weight is 217 g/mol. The summed E-state index contributed by atoms with van der Waals surface area (Å²) < 4.78 is 5.41. The number of aliphatic carboxylic acids is 1. The van der Waals surface area contributed by atoms with Gasteiger partial charge in [0.05, 0.1) is 6.26 Å². The standard InChI is InChI=1S/C7H5BrO3/c8-7-5(3-4-11-7)1-2-6(9)10/h1-4H,(H,9,10)/b2-1+. The first-order valence-corrected chi connectivity index (χ1v) is 3.63. The van der Waals surface area contributed by atoms with E-state index in [1.54, 1.807) is 6.07 Å². The van der Waals surface area contributed by atoms with Gasteiger partial charge in [-0.2, -0.15) is 0 Å². The second-order valence-corrected chi connectivity index (χ2v) is 2.54. The van der Waals surface area contributed by atoms with Gasteiger partial charge in [-0.25, -0.2) is 4.79 Å². The number of carboxylic acid groups (broad SMARTS) is 1. The highest BCUT2D eigenvalue weighted by Gasteiger charge is 1.97. The van der Waals surface area contributed by atoms with Crippen molar-refractivity contribution in [2.24, 2.45) is 0 Å². The fourth-order valence-electron chi connectivity index (χ4n) is 0.583. The lowest BCUT2D eigenvalue weighted by molar-refractivity contribution is -0.131. The highest BCUT2D eigenvalue weighted by Crippen LogP contribution is 2.18. The molecule has 0 amide bonds. The lowest BCUT2D eigenvalue weighted by atomic mass is 10.3. The molecule has 0 bridgehead atoms. The van der Waals surface area contributed by atoms with Gasteiger partial charge in [-0.1, -0.05) is 0 Å². The van der Waals surface area contributed by atoms with Crippen molar-refractivity contribution in [3.63, 3.8) is 0 Å². The van der Waals surface area contributed by atoms with Gasteiger partial charge in [0.25, 0.3) is 0 Å². The Labute approximate surface area is 71.5 Å². The number of carbonyl (C=O) groups is 1. The molecule has 0 aliphatic heterocycles. The van der Waals surface area contributed by atoms with Crippen LogP contribution >= 0.6 is 15.9 Å². The molecule has 0 spiro atoms. The van der Waals surface area contributed by atoms with Gasteiger partial charge in [0.1, 0.15) is 0 Å². The van der Waals surface area contributed by atoms with Gasteiger partial charge in [0.15, 0.2) is 4.67 Å². The molecule has 0 aliphatic rings. The van der Waals surface area contributed by atoms with E-state index in [2.05, 4.69) is 15.9 Å². The molecular weight excluding hydrogens is 212 g/mol. The first kappa shape index (κ1) is 8.07. The number of hydrogen-bond donors (Lipinski definition) is 1. The Morgan fingerprint density at radius 2 is 2.45 bits per heavy atom. The van der Waals surface area contributed by atoms with Gasteiger partial charge in [-0.05, 0) is 28.1 Å². The van der Waals surface area contributed by atoms with Gasteiger partial charge >= 0.3 is 5.97 Å². The van der Waals surface area contributed by atoms with Crippen LogP contribution in [-0.2, 0) is 4.79 Å². The van der Waals surface area contributed by atoms with Crippen molar-refractivity contribution in [3.05, 3.63) is 28.6 Å². The van der Waals surface area contributed by atoms with Crippen molar-refractivity contribution in [1.29, 1.82) is 0 Å². The fourth-order valence-corrected chi connectivity index (χ4v) is 0.955. The van der Waals surface area contributed by atoms with E-state index in [1.165, 1.54) is 12.3 Å². The Hall–Kier alpha value is -1.03. The molecule has 11 heavy (non-hydrogen) atoms. The van der Waals surface area contributed by atoms with Crippen molar-refractivity contribution >= 4 is 28.0 Å². The van der Waals surface area contributed by atoms with Crippen LogP contribution in [0.4, 0.5) is 0 Å². The maximum atomic E-state index is 10.1. The average Bonchev–Trinajstić information content (AvgIpc) is 2.31. The molecule has 58 valence electrons. The molecular formula is C7H5BrO3. The van der Waals surface area contributed by atoms with E-state index >= 15 is 0 Å². The number of furan rings is 1. The monoisotopic (exact) mass is 216 g/mol. The topological polar surface area (TPSA) is 50.4 Å². The summed E-state index contributed by atoms with van der Waals surface area (Å²) in [6.45, 7) is 0. The van der Waals surface area contributed by atoms with Crippen LogP contribution in [-0.4, -0.2) is 11.1 Å². The van der Waals surface area contributed by atoms with Crippen LogP contribution in [0.1, 0.15) is 5.56 Å². The van der Waals surface area contributed by atoms with Crippen molar-refractivity contribution in [3.8, 4) is 0 Å². The van der Waals surface area contributed by atoms with Gasteiger partial charge < -0.3 is 9.52 Å². The zero-order valence-electron chi connectivity index (χ0n) is 5.45. The Bertz CT molecular complexity index is 288. The lowest BCUT2D eigenvalue weighted by Crippen LogP contribution is -1.84. The molecule has 0 aliphatic carbocycles. The SMILES string of the molecule is O=C(O)/C=C/c1ccoc1Br. The molecule has 0 radical (unpaired) electrons. The van der Waals surface area contributed by atoms with E-state index in [4.69, 9.17) is 9.52 Å². The minimum atomic E-state index is -0.974. The number of rotatable bonds is 2. The predicted octanol–water partition coefficient (Wildman–Crippen LogP) is 2.14. The van der Waals surface area contributed by atoms with E-state index in [1.807, 2.05) is 0 Å². The molecule has 0 atom stereocenters. The smallest absolute Gasteiger partial charge is 0.328 e. The third kappa shape index (κ3) is 2.23. The molecule has 0 unspecified atom stereocenters. The molecule has 1 heterocycles. The molecule has 0 fully saturated rings. The van der Waals surface area contributed by atoms with Crippen molar-refractivity contribution in [1.82, 2.24) is 0 Å². The lowest BCUT2D eigenvalue weighted by Gasteiger charge is -1.83. The highest BCUT2D eigenvalue weighted by molar-refractivity contribution is 9.10. The summed E-state index contributed by atoms with van der Waals surface area (Å²) in [5, 5.41) is 8.27. The Morgan fingerprint density at radius 1 is 1.73 bits per heavy atom. The second-order valence-electron chi connectivity index (χ2n) is 1.82. The van der Waals surface area contributed by atoms with Gasteiger partial charge in [-0.3, -0.25) is 0 Å². The van der Waals surface area contributed by atoms with E-state index in [0.29, 0.717) is 10.2 Å². The third-order valence-electron chi connectivity index (χ3n) is 1.05. The third-order valence-corrected chi connectivity index (χ3v) is 1.70. The normalized spacial score (nSPS) is 10.6. The van der Waals surface area contributed by atoms with Crippen LogP contribution in [0.25, 0.3) is 6.08 Å². The highest BCUT2D eigenvalue weighted by atomic mass is 79.9. The van der Waals surface area contributed by atoms with Gasteiger partial charge in [0.2, 0.25) is 0 Å². The van der Waals surface area contributed by atoms with Crippen LogP contribution in [0.15, 0.2) is 27.5 Å². The van der Waals surface area contributed by atoms with Gasteiger partial charge in [0, 0.05) is 11.6 Å². The summed E-state index contributed by atoms with van der Waals surface area (Å²) in [5.41, 5.74) is 0.715. The Kier molecular flexibility index (Phi) is 2.48. The minimum Gasteiger partial charge on any atom is -0.478 e. The fraction of sp³-hybridized carbons (Fsp3) is 0. The number of carboxylic acids is 1. The zero-order valence-corrected chi connectivity index (χ0v) is 7.04. The molecule has 1 aromatic rings. The zero-order chi connectivity index (χ0) is 8.27. The molecule has 0 saturated heterocycles. The summed E-state index contributed by atoms with van der Waals surface area (Å²) in [5.74, 6) is -0.974. The van der Waals surface area contributed by atoms with Crippen LogP contribution in [0.2, 0.25) is 0 Å². The summed E-state index contributed by atoms with van der Waals surface area (Å²) in [6, 6.07) is 1.67. The van der Waals surface area contributed by atoms with Gasteiger partial charge in [-0.15, -0.1) is 0 Å². The van der Waals surface area contributed by atoms with E-state index < -0.39 is 5.97 Å². The quantitative estimate of drug-likeness (QED) is 0.772. The van der Waals surface area contributed by atoms with Crippen LogP contribution in [0.5, 0.6) is 0 Å². The summed E-state index contributed by atoms with van der Waals surface area (Å²) in [7, 11) is 0. The number of hydrogen-bond acceptors (Lipinski definition) is 2. The molecule has 1 aromatic heterocycles. The van der Waals surface area contributed by atoms with Crippen molar-refractivity contribution in [2.75, 3.05) is 0 Å². The molecule has 4 heteroatoms. The Morgan fingerprint density at radius 3 is 2.91 bits per heavy atom. The summed E-state index contributed by atoms with van der Waals surface area (Å²) >= 11 is 3.11.